The first-order chi connectivity index (χ1) is 9.60. The largest absolute Gasteiger partial charge is 0.370 e. The second kappa shape index (κ2) is 6.56. The second-order valence-corrected chi connectivity index (χ2v) is 5.68. The van der Waals surface area contributed by atoms with Crippen LogP contribution in [0.15, 0.2) is 30.3 Å². The molecule has 1 atom stereocenters. The highest BCUT2D eigenvalue weighted by atomic mass is 32.2. The van der Waals surface area contributed by atoms with Crippen molar-refractivity contribution in [2.45, 2.75) is 6.92 Å². The fraction of sp³-hybridized carbons (Fsp3) is 0.357. The molecule has 0 amide bonds. The van der Waals surface area contributed by atoms with Crippen LogP contribution in [0.3, 0.4) is 0 Å². The summed E-state index contributed by atoms with van der Waals surface area (Å²) in [5, 5.41) is 14.8. The quantitative estimate of drug-likeness (QED) is 0.651. The minimum atomic E-state index is -0.393. The van der Waals surface area contributed by atoms with E-state index in [0.29, 0.717) is 5.92 Å². The van der Waals surface area contributed by atoms with Gasteiger partial charge in [-0.25, -0.2) is 4.98 Å². The molecule has 0 saturated heterocycles. The number of pyridine rings is 1. The van der Waals surface area contributed by atoms with Crippen LogP contribution in [0.4, 0.5) is 11.5 Å². The molecule has 1 aromatic heterocycles. The fourth-order valence-corrected chi connectivity index (χ4v) is 2.63. The number of fused-ring (bicyclic) bond motifs is 1. The summed E-state index contributed by atoms with van der Waals surface area (Å²) in [4.78, 5) is 14.8. The zero-order valence-corrected chi connectivity index (χ0v) is 12.3. The van der Waals surface area contributed by atoms with Gasteiger partial charge < -0.3 is 5.32 Å². The van der Waals surface area contributed by atoms with Crippen LogP contribution >= 0.6 is 11.8 Å². The lowest BCUT2D eigenvalue weighted by molar-refractivity contribution is -0.384. The Morgan fingerprint density at radius 2 is 2.20 bits per heavy atom. The molecule has 6 heteroatoms. The van der Waals surface area contributed by atoms with Crippen LogP contribution in [-0.2, 0) is 0 Å². The zero-order chi connectivity index (χ0) is 14.5. The van der Waals surface area contributed by atoms with Crippen molar-refractivity contribution in [3.63, 3.8) is 0 Å². The van der Waals surface area contributed by atoms with E-state index in [2.05, 4.69) is 23.5 Å². The highest BCUT2D eigenvalue weighted by Gasteiger charge is 2.07. The SMILES string of the molecule is CSCC(C)CNc1ccc2cc([N+](=O)[O-])ccc2n1. The summed E-state index contributed by atoms with van der Waals surface area (Å²) in [5.74, 6) is 2.48. The van der Waals surface area contributed by atoms with Gasteiger partial charge >= 0.3 is 0 Å². The normalized spacial score (nSPS) is 12.3. The first-order valence-corrected chi connectivity index (χ1v) is 7.77. The monoisotopic (exact) mass is 291 g/mol. The number of nitrogens with zero attached hydrogens (tertiary/aromatic N) is 2. The lowest BCUT2D eigenvalue weighted by atomic mass is 10.2. The van der Waals surface area contributed by atoms with E-state index in [1.54, 1.807) is 12.1 Å². The van der Waals surface area contributed by atoms with E-state index < -0.39 is 4.92 Å². The van der Waals surface area contributed by atoms with Gasteiger partial charge in [0.1, 0.15) is 5.82 Å². The third-order valence-corrected chi connectivity index (χ3v) is 3.87. The Hall–Kier alpha value is -1.82. The molecule has 1 aromatic carbocycles. The summed E-state index contributed by atoms with van der Waals surface area (Å²) in [6, 6.07) is 8.43. The van der Waals surface area contributed by atoms with Gasteiger partial charge in [-0.15, -0.1) is 0 Å². The number of nitro benzene ring substituents is 1. The Bertz CT molecular complexity index is 618. The number of nitro groups is 1. The van der Waals surface area contributed by atoms with Gasteiger partial charge in [-0.1, -0.05) is 6.92 Å². The molecule has 0 radical (unpaired) electrons. The summed E-state index contributed by atoms with van der Waals surface area (Å²) in [6.07, 6.45) is 2.09. The van der Waals surface area contributed by atoms with E-state index in [-0.39, 0.29) is 5.69 Å². The number of nitrogens with one attached hydrogen (secondary N) is 1. The molecule has 0 fully saturated rings. The number of anilines is 1. The Kier molecular flexibility index (Phi) is 4.79. The molecule has 0 saturated carbocycles. The number of rotatable bonds is 6. The molecular weight excluding hydrogens is 274 g/mol. The number of non-ortho nitro benzene ring substituents is 1. The molecule has 2 rings (SSSR count). The molecule has 1 heterocycles. The van der Waals surface area contributed by atoms with E-state index in [0.717, 1.165) is 29.0 Å². The number of aromatic nitrogens is 1. The van der Waals surface area contributed by atoms with Crippen molar-refractivity contribution in [2.75, 3.05) is 23.9 Å². The number of hydrogen-bond acceptors (Lipinski definition) is 5. The standard InChI is InChI=1S/C14H17N3O2S/c1-10(9-20-2)8-15-14-6-3-11-7-12(17(18)19)4-5-13(11)16-14/h3-7,10H,8-9H2,1-2H3,(H,15,16). The van der Waals surface area contributed by atoms with Crippen molar-refractivity contribution in [1.82, 2.24) is 4.98 Å². The maximum atomic E-state index is 10.7. The zero-order valence-electron chi connectivity index (χ0n) is 11.5. The Balaban J connectivity index is 2.13. The molecular formula is C14H17N3O2S. The molecule has 0 bridgehead atoms. The van der Waals surface area contributed by atoms with E-state index in [1.165, 1.54) is 6.07 Å². The maximum absolute atomic E-state index is 10.7. The van der Waals surface area contributed by atoms with E-state index in [1.807, 2.05) is 23.9 Å². The molecule has 1 unspecified atom stereocenters. The van der Waals surface area contributed by atoms with Gasteiger partial charge in [-0.2, -0.15) is 11.8 Å². The molecule has 0 aliphatic carbocycles. The number of benzene rings is 1. The van der Waals surface area contributed by atoms with Gasteiger partial charge in [0.25, 0.3) is 5.69 Å². The van der Waals surface area contributed by atoms with E-state index in [9.17, 15) is 10.1 Å². The lowest BCUT2D eigenvalue weighted by Gasteiger charge is -2.12. The summed E-state index contributed by atoms with van der Waals surface area (Å²) in [6.45, 7) is 3.06. The van der Waals surface area contributed by atoms with Crippen LogP contribution in [-0.4, -0.2) is 28.5 Å². The summed E-state index contributed by atoms with van der Waals surface area (Å²) in [7, 11) is 0. The molecule has 20 heavy (non-hydrogen) atoms. The fourth-order valence-electron chi connectivity index (χ4n) is 1.95. The van der Waals surface area contributed by atoms with Crippen molar-refractivity contribution < 1.29 is 4.92 Å². The average Bonchev–Trinajstić information content (AvgIpc) is 2.44. The summed E-state index contributed by atoms with van der Waals surface area (Å²) in [5.41, 5.74) is 0.853. The Morgan fingerprint density at radius 1 is 1.40 bits per heavy atom. The summed E-state index contributed by atoms with van der Waals surface area (Å²) < 4.78 is 0. The number of hydrogen-bond donors (Lipinski definition) is 1. The van der Waals surface area contributed by atoms with Crippen molar-refractivity contribution in [2.24, 2.45) is 5.92 Å². The van der Waals surface area contributed by atoms with Crippen molar-refractivity contribution in [3.05, 3.63) is 40.4 Å². The Morgan fingerprint density at radius 3 is 2.90 bits per heavy atom. The van der Waals surface area contributed by atoms with Crippen molar-refractivity contribution in [3.8, 4) is 0 Å². The van der Waals surface area contributed by atoms with Crippen LogP contribution in [0.5, 0.6) is 0 Å². The number of thioether (sulfide) groups is 1. The predicted molar refractivity (Wildman–Crippen MR) is 84.4 cm³/mol. The molecule has 106 valence electrons. The van der Waals surface area contributed by atoms with Gasteiger partial charge in [-0.05, 0) is 36.1 Å². The van der Waals surface area contributed by atoms with Crippen LogP contribution in [0.1, 0.15) is 6.92 Å². The lowest BCUT2D eigenvalue weighted by Crippen LogP contribution is -2.13. The average molecular weight is 291 g/mol. The molecule has 0 aliphatic rings. The first-order valence-electron chi connectivity index (χ1n) is 6.38. The van der Waals surface area contributed by atoms with Gasteiger partial charge in [0.15, 0.2) is 0 Å². The van der Waals surface area contributed by atoms with Gasteiger partial charge in [0.2, 0.25) is 0 Å². The first kappa shape index (κ1) is 14.6. The maximum Gasteiger partial charge on any atom is 0.270 e. The minimum absolute atomic E-state index is 0.0913. The second-order valence-electron chi connectivity index (χ2n) is 4.77. The van der Waals surface area contributed by atoms with Crippen LogP contribution in [0.25, 0.3) is 10.9 Å². The van der Waals surface area contributed by atoms with Gasteiger partial charge in [0, 0.05) is 24.1 Å². The molecule has 0 spiro atoms. The van der Waals surface area contributed by atoms with Crippen LogP contribution in [0, 0.1) is 16.0 Å². The highest BCUT2D eigenvalue weighted by Crippen LogP contribution is 2.21. The van der Waals surface area contributed by atoms with Crippen molar-refractivity contribution >= 4 is 34.2 Å². The van der Waals surface area contributed by atoms with Gasteiger partial charge in [-0.3, -0.25) is 10.1 Å². The van der Waals surface area contributed by atoms with Crippen molar-refractivity contribution in [1.29, 1.82) is 0 Å². The third kappa shape index (κ3) is 3.60. The minimum Gasteiger partial charge on any atom is -0.370 e. The molecule has 1 N–H and O–H groups in total. The predicted octanol–water partition coefficient (Wildman–Crippen LogP) is 3.55. The highest BCUT2D eigenvalue weighted by molar-refractivity contribution is 7.98. The van der Waals surface area contributed by atoms with E-state index in [4.69, 9.17) is 0 Å². The molecule has 5 nitrogen and oxygen atoms in total. The van der Waals surface area contributed by atoms with Gasteiger partial charge in [0.05, 0.1) is 10.4 Å². The Labute approximate surface area is 121 Å². The molecule has 2 aromatic rings. The topological polar surface area (TPSA) is 68.1 Å². The van der Waals surface area contributed by atoms with Crippen LogP contribution in [0.2, 0.25) is 0 Å². The molecule has 0 aliphatic heterocycles. The third-order valence-electron chi connectivity index (χ3n) is 2.97. The van der Waals surface area contributed by atoms with E-state index >= 15 is 0 Å². The summed E-state index contributed by atoms with van der Waals surface area (Å²) >= 11 is 1.83. The smallest absolute Gasteiger partial charge is 0.270 e. The van der Waals surface area contributed by atoms with Crippen LogP contribution < -0.4 is 5.32 Å².